The average Bonchev–Trinajstić information content (AvgIpc) is 3.36. The van der Waals surface area contributed by atoms with E-state index >= 15 is 0 Å². The van der Waals surface area contributed by atoms with Crippen LogP contribution in [0.1, 0.15) is 37.0 Å². The molecule has 1 atom stereocenters. The fourth-order valence-corrected chi connectivity index (χ4v) is 3.09. The molecule has 29 heavy (non-hydrogen) atoms. The standard InChI is InChI=1S/C20H19N7O2/c1-12(2)17(20-25-18(26-29-20)13-6-4-3-5-7-13)22-11-15-8-16(28)27-19(24-15)14(9-21)10-23-27/h3-8,10,12,17,22-23H,11H2,1-2H3. The summed E-state index contributed by atoms with van der Waals surface area (Å²) in [7, 11) is 0. The zero-order chi connectivity index (χ0) is 20.4. The molecule has 4 aromatic rings. The van der Waals surface area contributed by atoms with E-state index in [-0.39, 0.29) is 17.5 Å². The predicted octanol–water partition coefficient (Wildman–Crippen LogP) is 2.43. The van der Waals surface area contributed by atoms with E-state index in [9.17, 15) is 10.1 Å². The summed E-state index contributed by atoms with van der Waals surface area (Å²) in [5, 5.41) is 19.3. The Hall–Kier alpha value is -3.77. The number of fused-ring (bicyclic) bond motifs is 1. The molecule has 0 amide bonds. The van der Waals surface area contributed by atoms with Crippen molar-refractivity contribution in [3.8, 4) is 17.5 Å². The summed E-state index contributed by atoms with van der Waals surface area (Å²) in [6.45, 7) is 4.39. The van der Waals surface area contributed by atoms with Gasteiger partial charge in [0.15, 0.2) is 5.65 Å². The molecule has 0 fully saturated rings. The van der Waals surface area contributed by atoms with Crippen molar-refractivity contribution in [2.75, 3.05) is 0 Å². The van der Waals surface area contributed by atoms with Gasteiger partial charge in [0.25, 0.3) is 5.56 Å². The average molecular weight is 389 g/mol. The Morgan fingerprint density at radius 1 is 1.28 bits per heavy atom. The van der Waals surface area contributed by atoms with Gasteiger partial charge < -0.3 is 4.52 Å². The number of aromatic amines is 1. The van der Waals surface area contributed by atoms with Gasteiger partial charge in [-0.05, 0) is 5.92 Å². The molecule has 0 saturated carbocycles. The third-order valence-corrected chi connectivity index (χ3v) is 4.58. The van der Waals surface area contributed by atoms with E-state index in [0.717, 1.165) is 5.56 Å². The summed E-state index contributed by atoms with van der Waals surface area (Å²) < 4.78 is 6.73. The van der Waals surface area contributed by atoms with Crippen LogP contribution in [0.3, 0.4) is 0 Å². The van der Waals surface area contributed by atoms with Crippen molar-refractivity contribution in [2.24, 2.45) is 5.92 Å². The van der Waals surface area contributed by atoms with Crippen LogP contribution >= 0.6 is 0 Å². The topological polar surface area (TPSA) is 125 Å². The largest absolute Gasteiger partial charge is 0.337 e. The molecular formula is C20H19N7O2. The predicted molar refractivity (Wildman–Crippen MR) is 105 cm³/mol. The lowest BCUT2D eigenvalue weighted by molar-refractivity contribution is 0.287. The second-order valence-corrected chi connectivity index (χ2v) is 6.97. The van der Waals surface area contributed by atoms with Gasteiger partial charge in [0.2, 0.25) is 11.7 Å². The highest BCUT2D eigenvalue weighted by atomic mass is 16.5. The van der Waals surface area contributed by atoms with Crippen molar-refractivity contribution in [3.63, 3.8) is 0 Å². The number of nitriles is 1. The molecule has 1 aromatic carbocycles. The molecule has 3 aromatic heterocycles. The Morgan fingerprint density at radius 3 is 2.79 bits per heavy atom. The van der Waals surface area contributed by atoms with Gasteiger partial charge in [-0.2, -0.15) is 10.2 Å². The molecule has 0 bridgehead atoms. The van der Waals surface area contributed by atoms with Crippen molar-refractivity contribution in [3.05, 3.63) is 70.1 Å². The van der Waals surface area contributed by atoms with Crippen LogP contribution < -0.4 is 10.9 Å². The lowest BCUT2D eigenvalue weighted by Crippen LogP contribution is -2.27. The van der Waals surface area contributed by atoms with Crippen LogP contribution in [-0.4, -0.2) is 24.7 Å². The highest BCUT2D eigenvalue weighted by molar-refractivity contribution is 5.54. The molecule has 0 spiro atoms. The first-order valence-corrected chi connectivity index (χ1v) is 9.19. The lowest BCUT2D eigenvalue weighted by Gasteiger charge is -2.18. The molecule has 0 saturated heterocycles. The third kappa shape index (κ3) is 3.66. The molecule has 9 nitrogen and oxygen atoms in total. The molecule has 146 valence electrons. The maximum atomic E-state index is 12.3. The van der Waals surface area contributed by atoms with E-state index in [4.69, 9.17) is 4.52 Å². The van der Waals surface area contributed by atoms with Crippen LogP contribution in [0.25, 0.3) is 17.0 Å². The number of H-pyrrole nitrogens is 1. The third-order valence-electron chi connectivity index (χ3n) is 4.58. The zero-order valence-corrected chi connectivity index (χ0v) is 16.0. The molecular weight excluding hydrogens is 370 g/mol. The normalized spacial score (nSPS) is 12.3. The van der Waals surface area contributed by atoms with Gasteiger partial charge in [-0.15, -0.1) is 0 Å². The minimum absolute atomic E-state index is 0.158. The van der Waals surface area contributed by atoms with E-state index in [1.165, 1.54) is 16.8 Å². The van der Waals surface area contributed by atoms with Gasteiger partial charge in [-0.25, -0.2) is 9.50 Å². The second-order valence-electron chi connectivity index (χ2n) is 6.97. The molecule has 9 heteroatoms. The lowest BCUT2D eigenvalue weighted by atomic mass is 10.0. The second kappa shape index (κ2) is 7.69. The summed E-state index contributed by atoms with van der Waals surface area (Å²) in [4.78, 5) is 21.2. The number of benzene rings is 1. The monoisotopic (exact) mass is 389 g/mol. The Kier molecular flexibility index (Phi) is 4.93. The minimum Gasteiger partial charge on any atom is -0.337 e. The summed E-state index contributed by atoms with van der Waals surface area (Å²) in [5.41, 5.74) is 1.75. The van der Waals surface area contributed by atoms with Crippen LogP contribution in [-0.2, 0) is 6.54 Å². The number of hydrogen-bond acceptors (Lipinski definition) is 7. The number of aromatic nitrogens is 5. The Labute approximate surface area is 166 Å². The van der Waals surface area contributed by atoms with Gasteiger partial charge >= 0.3 is 0 Å². The molecule has 0 aliphatic carbocycles. The molecule has 2 N–H and O–H groups in total. The van der Waals surface area contributed by atoms with Gasteiger partial charge in [-0.1, -0.05) is 49.3 Å². The van der Waals surface area contributed by atoms with Crippen LogP contribution in [0.15, 0.2) is 51.9 Å². The van der Waals surface area contributed by atoms with E-state index in [1.807, 2.05) is 50.2 Å². The number of nitrogens with one attached hydrogen (secondary N) is 2. The molecule has 0 aliphatic rings. The summed E-state index contributed by atoms with van der Waals surface area (Å²) >= 11 is 0. The van der Waals surface area contributed by atoms with Crippen LogP contribution in [0, 0.1) is 17.2 Å². The minimum atomic E-state index is -0.279. The molecule has 4 rings (SSSR count). The molecule has 1 unspecified atom stereocenters. The Bertz CT molecular complexity index is 1230. The highest BCUT2D eigenvalue weighted by Crippen LogP contribution is 2.23. The van der Waals surface area contributed by atoms with Crippen LogP contribution in [0.2, 0.25) is 0 Å². The number of nitrogens with zero attached hydrogens (tertiary/aromatic N) is 5. The van der Waals surface area contributed by atoms with Crippen molar-refractivity contribution in [1.29, 1.82) is 5.26 Å². The van der Waals surface area contributed by atoms with Gasteiger partial charge in [0.1, 0.15) is 11.6 Å². The van der Waals surface area contributed by atoms with Crippen molar-refractivity contribution >= 4 is 5.65 Å². The smallest absolute Gasteiger partial charge is 0.272 e. The Balaban J connectivity index is 1.57. The first-order chi connectivity index (χ1) is 14.1. The van der Waals surface area contributed by atoms with Crippen molar-refractivity contribution in [1.82, 2.24) is 30.1 Å². The molecule has 0 aliphatic heterocycles. The number of hydrogen-bond donors (Lipinski definition) is 2. The highest BCUT2D eigenvalue weighted by Gasteiger charge is 2.23. The SMILES string of the molecule is CC(C)C(NCc1cc(=O)n2[nH]cc(C#N)c2n1)c1nc(-c2ccccc2)no1. The van der Waals surface area contributed by atoms with Crippen molar-refractivity contribution < 1.29 is 4.52 Å². The van der Waals surface area contributed by atoms with Crippen LogP contribution in [0.4, 0.5) is 0 Å². The molecule has 0 radical (unpaired) electrons. The first-order valence-electron chi connectivity index (χ1n) is 9.19. The fourth-order valence-electron chi connectivity index (χ4n) is 3.09. The molecule has 3 heterocycles. The van der Waals surface area contributed by atoms with Crippen molar-refractivity contribution in [2.45, 2.75) is 26.4 Å². The van der Waals surface area contributed by atoms with E-state index < -0.39 is 0 Å². The maximum absolute atomic E-state index is 12.3. The van der Waals surface area contributed by atoms with E-state index in [0.29, 0.717) is 35.2 Å². The van der Waals surface area contributed by atoms with E-state index in [1.54, 1.807) is 0 Å². The van der Waals surface area contributed by atoms with Gasteiger partial charge in [0.05, 0.1) is 11.7 Å². The number of rotatable bonds is 6. The van der Waals surface area contributed by atoms with E-state index in [2.05, 4.69) is 25.5 Å². The fraction of sp³-hybridized carbons (Fsp3) is 0.250. The summed E-state index contributed by atoms with van der Waals surface area (Å²) in [6, 6.07) is 12.8. The summed E-state index contributed by atoms with van der Waals surface area (Å²) in [5.74, 6) is 1.15. The van der Waals surface area contributed by atoms with Gasteiger partial charge in [0, 0.05) is 24.4 Å². The van der Waals surface area contributed by atoms with Gasteiger partial charge in [-0.3, -0.25) is 15.2 Å². The quantitative estimate of drug-likeness (QED) is 0.519. The first kappa shape index (κ1) is 18.6. The Morgan fingerprint density at radius 2 is 2.07 bits per heavy atom. The summed E-state index contributed by atoms with van der Waals surface area (Å²) in [6.07, 6.45) is 1.46. The maximum Gasteiger partial charge on any atom is 0.272 e. The van der Waals surface area contributed by atoms with Crippen LogP contribution in [0.5, 0.6) is 0 Å². The zero-order valence-electron chi connectivity index (χ0n) is 16.0.